The Morgan fingerprint density at radius 1 is 1.46 bits per heavy atom. The molecular weight excluding hydrogens is 197 g/mol. The van der Waals surface area contributed by atoms with Gasteiger partial charge in [-0.2, -0.15) is 0 Å². The van der Waals surface area contributed by atoms with Crippen LogP contribution < -0.4 is 0 Å². The molecule has 13 heavy (non-hydrogen) atoms. The molecule has 0 fully saturated rings. The van der Waals surface area contributed by atoms with E-state index in [1.807, 2.05) is 14.1 Å². The summed E-state index contributed by atoms with van der Waals surface area (Å²) >= 11 is 0. The zero-order valence-corrected chi connectivity index (χ0v) is 9.23. The van der Waals surface area contributed by atoms with Gasteiger partial charge in [-0.15, -0.1) is 0 Å². The van der Waals surface area contributed by atoms with Crippen molar-refractivity contribution in [3.05, 3.63) is 0 Å². The first kappa shape index (κ1) is 15.5. The molecule has 0 aliphatic carbocycles. The van der Waals surface area contributed by atoms with Gasteiger partial charge in [-0.05, 0) is 27.9 Å². The molecule has 7 heteroatoms. The van der Waals surface area contributed by atoms with E-state index in [4.69, 9.17) is 14.9 Å². The fourth-order valence-corrected chi connectivity index (χ4v) is 0.505. The lowest BCUT2D eigenvalue weighted by molar-refractivity contribution is 0.0578. The molecule has 0 saturated heterocycles. The Hall–Kier alpha value is 0.0300. The highest BCUT2D eigenvalue weighted by atomic mass is 31.2. The first-order valence-electron chi connectivity index (χ1n) is 3.75. The third kappa shape index (κ3) is 18.8. The second-order valence-corrected chi connectivity index (χ2v) is 3.74. The van der Waals surface area contributed by atoms with E-state index in [-0.39, 0.29) is 12.8 Å². The maximum atomic E-state index is 9.70. The fraction of sp³-hybridized carbons (Fsp3) is 1.00. The van der Waals surface area contributed by atoms with Crippen molar-refractivity contribution in [2.45, 2.75) is 20.1 Å². The average molecular weight is 215 g/mol. The van der Waals surface area contributed by atoms with Crippen LogP contribution in [0, 0.1) is 0 Å². The van der Waals surface area contributed by atoms with Gasteiger partial charge in [0.25, 0.3) is 0 Å². The predicted octanol–water partition coefficient (Wildman–Crippen LogP) is 0.00190. The highest BCUT2D eigenvalue weighted by molar-refractivity contribution is 7.46. The topological polar surface area (TPSA) is 90.2 Å². The molecule has 0 aliphatic rings. The SMILES string of the molecule is CC(O)N(C)C.CCOP(=O)(O)O. The number of hydrogen-bond donors (Lipinski definition) is 3. The summed E-state index contributed by atoms with van der Waals surface area (Å²) in [5.41, 5.74) is 0. The highest BCUT2D eigenvalue weighted by Gasteiger charge is 2.10. The zero-order valence-electron chi connectivity index (χ0n) is 8.34. The van der Waals surface area contributed by atoms with Gasteiger partial charge in [0.05, 0.1) is 6.61 Å². The molecular formula is C6H18NO5P. The summed E-state index contributed by atoms with van der Waals surface area (Å²) in [6.07, 6.45) is -0.315. The highest BCUT2D eigenvalue weighted by Crippen LogP contribution is 2.34. The molecule has 0 amide bonds. The number of rotatable bonds is 3. The van der Waals surface area contributed by atoms with E-state index in [9.17, 15) is 4.57 Å². The maximum absolute atomic E-state index is 9.70. The molecule has 0 aromatic carbocycles. The number of hydrogen-bond acceptors (Lipinski definition) is 4. The van der Waals surface area contributed by atoms with Gasteiger partial charge in [0.1, 0.15) is 6.23 Å². The minimum absolute atomic E-state index is 0.0459. The smallest absolute Gasteiger partial charge is 0.379 e. The standard InChI is InChI=1S/C4H11NO.C2H7O4P/c1-4(6)5(2)3;1-2-6-7(3,4)5/h4,6H,1-3H3;2H2,1H3,(H2,3,4,5). The Kier molecular flexibility index (Phi) is 8.87. The summed E-state index contributed by atoms with van der Waals surface area (Å²) in [6, 6.07) is 0. The third-order valence-corrected chi connectivity index (χ3v) is 1.64. The second-order valence-electron chi connectivity index (χ2n) is 2.50. The summed E-state index contributed by atoms with van der Waals surface area (Å²) in [5.74, 6) is 0. The minimum Gasteiger partial charge on any atom is -0.379 e. The number of aliphatic hydroxyl groups is 1. The van der Waals surface area contributed by atoms with Crippen molar-refractivity contribution in [3.8, 4) is 0 Å². The summed E-state index contributed by atoms with van der Waals surface area (Å²) in [7, 11) is -0.518. The van der Waals surface area contributed by atoms with Crippen molar-refractivity contribution >= 4 is 7.82 Å². The second kappa shape index (κ2) is 7.44. The lowest BCUT2D eigenvalue weighted by Gasteiger charge is -2.11. The van der Waals surface area contributed by atoms with Crippen LogP contribution in [0.5, 0.6) is 0 Å². The predicted molar refractivity (Wildman–Crippen MR) is 49.0 cm³/mol. The molecule has 0 aliphatic heterocycles. The van der Waals surface area contributed by atoms with Crippen LogP contribution >= 0.6 is 7.82 Å². The van der Waals surface area contributed by atoms with Crippen LogP contribution in [0.15, 0.2) is 0 Å². The van der Waals surface area contributed by atoms with Crippen LogP contribution in [-0.4, -0.2) is 46.7 Å². The van der Waals surface area contributed by atoms with Crippen LogP contribution in [-0.2, 0) is 9.09 Å². The first-order valence-corrected chi connectivity index (χ1v) is 5.28. The van der Waals surface area contributed by atoms with E-state index in [1.165, 1.54) is 6.92 Å². The van der Waals surface area contributed by atoms with Crippen molar-refractivity contribution in [1.29, 1.82) is 0 Å². The molecule has 1 unspecified atom stereocenters. The average Bonchev–Trinajstić information content (AvgIpc) is 1.85. The van der Waals surface area contributed by atoms with Gasteiger partial charge in [-0.1, -0.05) is 0 Å². The largest absolute Gasteiger partial charge is 0.469 e. The van der Waals surface area contributed by atoms with Crippen LogP contribution in [0.25, 0.3) is 0 Å². The molecule has 0 saturated carbocycles. The Labute approximate surface area is 78.4 Å². The monoisotopic (exact) mass is 215 g/mol. The number of nitrogens with zero attached hydrogens (tertiary/aromatic N) is 1. The van der Waals surface area contributed by atoms with Gasteiger partial charge < -0.3 is 14.9 Å². The maximum Gasteiger partial charge on any atom is 0.469 e. The minimum atomic E-state index is -4.17. The quantitative estimate of drug-likeness (QED) is 0.453. The Morgan fingerprint density at radius 2 is 1.77 bits per heavy atom. The van der Waals surface area contributed by atoms with Gasteiger partial charge in [-0.3, -0.25) is 9.42 Å². The molecule has 0 heterocycles. The van der Waals surface area contributed by atoms with Crippen molar-refractivity contribution in [3.63, 3.8) is 0 Å². The van der Waals surface area contributed by atoms with Gasteiger partial charge in [0.15, 0.2) is 0 Å². The van der Waals surface area contributed by atoms with Gasteiger partial charge in [0, 0.05) is 0 Å². The van der Waals surface area contributed by atoms with Gasteiger partial charge in [-0.25, -0.2) is 4.57 Å². The lowest BCUT2D eigenvalue weighted by Crippen LogP contribution is -2.23. The normalized spacial score (nSPS) is 13.5. The van der Waals surface area contributed by atoms with Crippen LogP contribution in [0.2, 0.25) is 0 Å². The van der Waals surface area contributed by atoms with E-state index in [1.54, 1.807) is 11.8 Å². The molecule has 0 rings (SSSR count). The molecule has 0 radical (unpaired) electrons. The van der Waals surface area contributed by atoms with E-state index >= 15 is 0 Å². The number of phosphoric ester groups is 1. The molecule has 6 nitrogen and oxygen atoms in total. The van der Waals surface area contributed by atoms with Crippen molar-refractivity contribution in [2.24, 2.45) is 0 Å². The van der Waals surface area contributed by atoms with Crippen molar-refractivity contribution in [1.82, 2.24) is 4.90 Å². The molecule has 0 spiro atoms. The van der Waals surface area contributed by atoms with E-state index in [0.717, 1.165) is 0 Å². The van der Waals surface area contributed by atoms with E-state index < -0.39 is 7.82 Å². The van der Waals surface area contributed by atoms with Crippen molar-refractivity contribution in [2.75, 3.05) is 20.7 Å². The first-order chi connectivity index (χ1) is 5.70. The Balaban J connectivity index is 0. The summed E-state index contributed by atoms with van der Waals surface area (Å²) in [4.78, 5) is 17.5. The van der Waals surface area contributed by atoms with Crippen LogP contribution in [0.4, 0.5) is 0 Å². The molecule has 0 aromatic heterocycles. The molecule has 3 N–H and O–H groups in total. The zero-order chi connectivity index (χ0) is 11.1. The van der Waals surface area contributed by atoms with E-state index in [2.05, 4.69) is 4.52 Å². The van der Waals surface area contributed by atoms with Gasteiger partial charge in [0.2, 0.25) is 0 Å². The van der Waals surface area contributed by atoms with Gasteiger partial charge >= 0.3 is 7.82 Å². The Morgan fingerprint density at radius 3 is 1.77 bits per heavy atom. The summed E-state index contributed by atoms with van der Waals surface area (Å²) in [6.45, 7) is 3.28. The number of phosphoric acid groups is 1. The summed E-state index contributed by atoms with van der Waals surface area (Å²) in [5, 5.41) is 8.56. The fourth-order valence-electron chi connectivity index (χ4n) is 0.168. The molecule has 0 aromatic rings. The van der Waals surface area contributed by atoms with Crippen molar-refractivity contribution < 1.29 is 24.0 Å². The molecule has 0 bridgehead atoms. The third-order valence-electron chi connectivity index (χ3n) is 1.04. The number of aliphatic hydroxyl groups excluding tert-OH is 1. The van der Waals surface area contributed by atoms with Crippen LogP contribution in [0.1, 0.15) is 13.8 Å². The molecule has 82 valence electrons. The van der Waals surface area contributed by atoms with Crippen LogP contribution in [0.3, 0.4) is 0 Å². The summed E-state index contributed by atoms with van der Waals surface area (Å²) < 4.78 is 13.6. The molecule has 1 atom stereocenters. The lowest BCUT2D eigenvalue weighted by atomic mass is 10.6. The van der Waals surface area contributed by atoms with E-state index in [0.29, 0.717) is 0 Å². The Bertz CT molecular complexity index is 149.